The zero-order valence-electron chi connectivity index (χ0n) is 18.4. The fourth-order valence-corrected chi connectivity index (χ4v) is 7.64. The highest BCUT2D eigenvalue weighted by Crippen LogP contribution is 2.52. The molecule has 3 heterocycles. The van der Waals surface area contributed by atoms with E-state index in [2.05, 4.69) is 15.8 Å². The molecule has 0 bridgehead atoms. The van der Waals surface area contributed by atoms with Gasteiger partial charge in [0.1, 0.15) is 15.1 Å². The molecule has 2 aromatic rings. The summed E-state index contributed by atoms with van der Waals surface area (Å²) in [6, 6.07) is 5.77. The maximum Gasteiger partial charge on any atom is 0.252 e. The van der Waals surface area contributed by atoms with Crippen LogP contribution in [0.5, 0.6) is 5.75 Å². The second-order valence-corrected chi connectivity index (χ2v) is 12.2. The molecule has 2 aliphatic heterocycles. The second kappa shape index (κ2) is 8.44. The number of hydrogen-bond acceptors (Lipinski definition) is 9. The van der Waals surface area contributed by atoms with Crippen molar-refractivity contribution >= 4 is 67.3 Å². The molecule has 2 N–H and O–H groups in total. The molecule has 0 saturated heterocycles. The van der Waals surface area contributed by atoms with E-state index in [-0.39, 0.29) is 17.6 Å². The van der Waals surface area contributed by atoms with E-state index in [4.69, 9.17) is 17.0 Å². The lowest BCUT2D eigenvalue weighted by molar-refractivity contribution is -0.125. The third-order valence-electron chi connectivity index (χ3n) is 5.34. The summed E-state index contributed by atoms with van der Waals surface area (Å²) in [7, 11) is 3.17. The Labute approximate surface area is 203 Å². The van der Waals surface area contributed by atoms with Crippen LogP contribution in [-0.4, -0.2) is 34.9 Å². The lowest BCUT2D eigenvalue weighted by Gasteiger charge is -2.43. The SMILES string of the molecule is CCOc1ccc2c(c1)-c1c(ssc1=S)C(C)(C)N2C(=O)CSC1=NNC(C)(C)C(=O)N1. The molecule has 0 fully saturated rings. The summed E-state index contributed by atoms with van der Waals surface area (Å²) in [5, 5.41) is 7.35. The van der Waals surface area contributed by atoms with Crippen molar-refractivity contribution in [3.63, 3.8) is 0 Å². The van der Waals surface area contributed by atoms with E-state index < -0.39 is 11.1 Å². The number of carbonyl (C=O) groups is 2. The molecule has 11 heteroatoms. The molecule has 32 heavy (non-hydrogen) atoms. The lowest BCUT2D eigenvalue weighted by atomic mass is 9.87. The predicted molar refractivity (Wildman–Crippen MR) is 135 cm³/mol. The standard InChI is InChI=1S/C21H24N4O3S4/c1-6-28-11-7-8-13-12(9-11)15-16(31-32-17(15)29)21(4,5)25(13)14(26)10-30-19-22-18(27)20(2,3)24-23-19/h7-9,24H,6,10H2,1-5H3,(H,22,23,27). The van der Waals surface area contributed by atoms with Gasteiger partial charge in [-0.3, -0.25) is 15.0 Å². The van der Waals surface area contributed by atoms with Crippen molar-refractivity contribution in [2.75, 3.05) is 17.3 Å². The number of amidine groups is 1. The Morgan fingerprint density at radius 3 is 2.72 bits per heavy atom. The van der Waals surface area contributed by atoms with E-state index in [1.807, 2.05) is 43.9 Å². The summed E-state index contributed by atoms with van der Waals surface area (Å²) in [5.41, 5.74) is 4.23. The minimum absolute atomic E-state index is 0.0813. The molecule has 0 saturated carbocycles. The largest absolute Gasteiger partial charge is 0.494 e. The predicted octanol–water partition coefficient (Wildman–Crippen LogP) is 4.69. The van der Waals surface area contributed by atoms with E-state index in [9.17, 15) is 9.59 Å². The third kappa shape index (κ3) is 3.95. The fourth-order valence-electron chi connectivity index (χ4n) is 3.70. The summed E-state index contributed by atoms with van der Waals surface area (Å²) in [5.74, 6) is 0.610. The van der Waals surface area contributed by atoms with Crippen LogP contribution in [0.25, 0.3) is 11.1 Å². The maximum atomic E-state index is 13.5. The molecule has 2 amide bonds. The lowest BCUT2D eigenvalue weighted by Crippen LogP contribution is -2.56. The van der Waals surface area contributed by atoms with Crippen molar-refractivity contribution < 1.29 is 14.3 Å². The van der Waals surface area contributed by atoms with Gasteiger partial charge < -0.3 is 15.0 Å². The van der Waals surface area contributed by atoms with Crippen molar-refractivity contribution in [2.24, 2.45) is 5.10 Å². The van der Waals surface area contributed by atoms with Crippen molar-refractivity contribution in [1.82, 2.24) is 10.7 Å². The van der Waals surface area contributed by atoms with Crippen LogP contribution in [0.15, 0.2) is 23.3 Å². The highest BCUT2D eigenvalue weighted by molar-refractivity contribution is 8.14. The molecule has 1 aromatic carbocycles. The van der Waals surface area contributed by atoms with Crippen LogP contribution >= 0.6 is 44.7 Å². The smallest absolute Gasteiger partial charge is 0.252 e. The van der Waals surface area contributed by atoms with Crippen LogP contribution < -0.4 is 20.4 Å². The van der Waals surface area contributed by atoms with Gasteiger partial charge in [0.15, 0.2) is 5.17 Å². The van der Waals surface area contributed by atoms with Crippen molar-refractivity contribution in [3.8, 4) is 16.9 Å². The number of nitrogens with zero attached hydrogens (tertiary/aromatic N) is 2. The first-order valence-corrected chi connectivity index (χ1v) is 13.6. The number of benzene rings is 1. The number of hydrazone groups is 1. The number of anilines is 1. The first-order chi connectivity index (χ1) is 15.1. The van der Waals surface area contributed by atoms with Crippen molar-refractivity contribution in [1.29, 1.82) is 0 Å². The number of thioether (sulfide) groups is 1. The minimum atomic E-state index is -0.779. The summed E-state index contributed by atoms with van der Waals surface area (Å²) in [4.78, 5) is 28.6. The van der Waals surface area contributed by atoms with E-state index in [1.54, 1.807) is 34.5 Å². The molecule has 170 valence electrons. The molecule has 0 radical (unpaired) electrons. The van der Waals surface area contributed by atoms with Crippen LogP contribution in [0, 0.1) is 3.82 Å². The summed E-state index contributed by atoms with van der Waals surface area (Å²) >= 11 is 6.85. The van der Waals surface area contributed by atoms with Gasteiger partial charge in [-0.1, -0.05) is 44.7 Å². The zero-order chi connectivity index (χ0) is 23.3. The highest BCUT2D eigenvalue weighted by Gasteiger charge is 2.43. The highest BCUT2D eigenvalue weighted by atomic mass is 32.9. The van der Waals surface area contributed by atoms with Crippen LogP contribution in [0.3, 0.4) is 0 Å². The quantitative estimate of drug-likeness (QED) is 0.461. The molecule has 4 rings (SSSR count). The summed E-state index contributed by atoms with van der Waals surface area (Å²) < 4.78 is 6.53. The van der Waals surface area contributed by atoms with Gasteiger partial charge in [0.25, 0.3) is 5.91 Å². The number of carbonyl (C=O) groups excluding carboxylic acids is 2. The Balaban J connectivity index is 1.67. The Kier molecular flexibility index (Phi) is 6.12. The van der Waals surface area contributed by atoms with Gasteiger partial charge in [-0.15, -0.1) is 0 Å². The summed E-state index contributed by atoms with van der Waals surface area (Å²) in [6.07, 6.45) is 0. The molecular weight excluding hydrogens is 485 g/mol. The first kappa shape index (κ1) is 23.2. The molecule has 2 aliphatic rings. The monoisotopic (exact) mass is 508 g/mol. The number of amides is 2. The number of hydrogen-bond donors (Lipinski definition) is 2. The van der Waals surface area contributed by atoms with E-state index in [0.29, 0.717) is 11.8 Å². The minimum Gasteiger partial charge on any atom is -0.494 e. The Morgan fingerprint density at radius 2 is 2.03 bits per heavy atom. The van der Waals surface area contributed by atoms with Gasteiger partial charge in [0.2, 0.25) is 5.91 Å². The fraction of sp³-hybridized carbons (Fsp3) is 0.429. The van der Waals surface area contributed by atoms with Gasteiger partial charge in [-0.2, -0.15) is 5.10 Å². The normalized spacial score (nSPS) is 18.1. The van der Waals surface area contributed by atoms with Gasteiger partial charge >= 0.3 is 0 Å². The Hall–Kier alpha value is -1.95. The topological polar surface area (TPSA) is 83.0 Å². The van der Waals surface area contributed by atoms with Crippen LogP contribution in [-0.2, 0) is 15.1 Å². The Bertz CT molecular complexity index is 1180. The van der Waals surface area contributed by atoms with Crippen molar-refractivity contribution in [3.05, 3.63) is 26.9 Å². The molecule has 7 nitrogen and oxygen atoms in total. The van der Waals surface area contributed by atoms with Crippen LogP contribution in [0.1, 0.15) is 39.5 Å². The van der Waals surface area contributed by atoms with E-state index >= 15 is 0 Å². The van der Waals surface area contributed by atoms with E-state index in [1.165, 1.54) is 11.8 Å². The average Bonchev–Trinajstić information content (AvgIpc) is 3.12. The molecule has 1 aromatic heterocycles. The molecular formula is C21H24N4O3S4. The second-order valence-electron chi connectivity index (χ2n) is 8.45. The van der Waals surface area contributed by atoms with Crippen molar-refractivity contribution in [2.45, 2.75) is 45.7 Å². The third-order valence-corrected chi connectivity index (χ3v) is 9.53. The van der Waals surface area contributed by atoms with Gasteiger partial charge in [0.05, 0.1) is 28.5 Å². The van der Waals surface area contributed by atoms with Crippen LogP contribution in [0.4, 0.5) is 5.69 Å². The van der Waals surface area contributed by atoms with Gasteiger partial charge in [-0.05, 0) is 52.8 Å². The zero-order valence-corrected chi connectivity index (χ0v) is 21.7. The molecule has 0 aliphatic carbocycles. The number of fused-ring (bicyclic) bond motifs is 3. The number of ether oxygens (including phenoxy) is 1. The summed E-state index contributed by atoms with van der Waals surface area (Å²) in [6.45, 7) is 10.1. The molecule has 0 spiro atoms. The molecule has 0 unspecified atom stereocenters. The molecule has 0 atom stereocenters. The first-order valence-electron chi connectivity index (χ1n) is 10.1. The van der Waals surface area contributed by atoms with Crippen LogP contribution in [0.2, 0.25) is 0 Å². The maximum absolute atomic E-state index is 13.5. The number of nitrogens with one attached hydrogen (secondary N) is 2. The van der Waals surface area contributed by atoms with Gasteiger partial charge in [0, 0.05) is 11.1 Å². The number of rotatable bonds is 4. The van der Waals surface area contributed by atoms with Gasteiger partial charge in [-0.25, -0.2) is 0 Å². The Morgan fingerprint density at radius 1 is 1.28 bits per heavy atom. The van der Waals surface area contributed by atoms with E-state index in [0.717, 1.165) is 31.3 Å². The average molecular weight is 509 g/mol.